The molecule has 7 heteroatoms. The number of rotatable bonds is 9. The number of carbonyl (C=O) groups excluding carboxylic acids is 2. The summed E-state index contributed by atoms with van der Waals surface area (Å²) < 4.78 is 5.54. The van der Waals surface area contributed by atoms with E-state index < -0.39 is 27.9 Å². The summed E-state index contributed by atoms with van der Waals surface area (Å²) in [6, 6.07) is 22.3. The van der Waals surface area contributed by atoms with E-state index in [2.05, 4.69) is 50.3 Å². The third kappa shape index (κ3) is 5.16. The maximum absolute atomic E-state index is 15.0. The van der Waals surface area contributed by atoms with Crippen molar-refractivity contribution in [3.63, 3.8) is 0 Å². The Morgan fingerprint density at radius 2 is 1.59 bits per heavy atom. The number of aliphatic hydroxyl groups is 2. The summed E-state index contributed by atoms with van der Waals surface area (Å²) in [6.07, 6.45) is 12.2. The van der Waals surface area contributed by atoms with Crippen molar-refractivity contribution in [3.8, 4) is 11.1 Å². The number of amides is 1. The van der Waals surface area contributed by atoms with Crippen molar-refractivity contribution in [2.75, 3.05) is 19.7 Å². The van der Waals surface area contributed by atoms with Gasteiger partial charge in [-0.25, -0.2) is 4.79 Å². The molecule has 6 aliphatic carbocycles. The number of allylic oxidation sites excluding steroid dienone is 4. The summed E-state index contributed by atoms with van der Waals surface area (Å²) in [5.74, 6) is 0.261. The van der Waals surface area contributed by atoms with Gasteiger partial charge in [-0.2, -0.15) is 0 Å². The Kier molecular flexibility index (Phi) is 8.51. The van der Waals surface area contributed by atoms with Gasteiger partial charge in [0.05, 0.1) is 24.9 Å². The maximum Gasteiger partial charge on any atom is 0.409 e. The van der Waals surface area contributed by atoms with Gasteiger partial charge in [-0.05, 0) is 98.1 Å². The van der Waals surface area contributed by atoms with E-state index in [-0.39, 0.29) is 42.3 Å². The first-order valence-corrected chi connectivity index (χ1v) is 19.8. The molecule has 3 saturated carbocycles. The third-order valence-electron chi connectivity index (χ3n) is 14.4. The van der Waals surface area contributed by atoms with Gasteiger partial charge in [0.1, 0.15) is 0 Å². The number of fused-ring (bicyclic) bond motifs is 1. The number of nitrogens with zero attached hydrogens (tertiary/aromatic N) is 1. The average Bonchev–Trinajstić information content (AvgIpc) is 3.76. The Morgan fingerprint density at radius 3 is 2.31 bits per heavy atom. The molecular weight excluding hydrogens is 655 g/mol. The molecule has 6 nitrogen and oxygen atoms in total. The molecule has 1 amide bonds. The highest BCUT2D eigenvalue weighted by Gasteiger charge is 2.74. The lowest BCUT2D eigenvalue weighted by molar-refractivity contribution is -0.175. The van der Waals surface area contributed by atoms with Crippen LogP contribution in [-0.2, 0) is 11.2 Å². The van der Waals surface area contributed by atoms with Gasteiger partial charge in [0.25, 0.3) is 0 Å². The summed E-state index contributed by atoms with van der Waals surface area (Å²) in [7, 11) is 0. The van der Waals surface area contributed by atoms with Crippen LogP contribution in [0.25, 0.3) is 11.1 Å². The van der Waals surface area contributed by atoms with Crippen LogP contribution in [-0.4, -0.2) is 58.4 Å². The van der Waals surface area contributed by atoms with Gasteiger partial charge in [-0.15, -0.1) is 11.3 Å². The molecule has 268 valence electrons. The molecule has 1 aromatic heterocycles. The van der Waals surface area contributed by atoms with Crippen LogP contribution >= 0.6 is 11.3 Å². The Hall–Kier alpha value is -3.52. The molecule has 6 aliphatic rings. The largest absolute Gasteiger partial charge is 0.450 e. The van der Waals surface area contributed by atoms with E-state index in [1.54, 1.807) is 16.2 Å². The predicted octanol–water partition coefficient (Wildman–Crippen LogP) is 8.89. The van der Waals surface area contributed by atoms with Gasteiger partial charge in [0.2, 0.25) is 0 Å². The maximum atomic E-state index is 15.0. The van der Waals surface area contributed by atoms with E-state index >= 15 is 4.79 Å². The molecule has 2 N–H and O–H groups in total. The highest BCUT2D eigenvalue weighted by atomic mass is 32.1. The van der Waals surface area contributed by atoms with Crippen LogP contribution in [0.5, 0.6) is 0 Å². The Labute approximate surface area is 306 Å². The van der Waals surface area contributed by atoms with Gasteiger partial charge in [0.15, 0.2) is 5.78 Å². The van der Waals surface area contributed by atoms with E-state index in [1.165, 1.54) is 4.88 Å². The second-order valence-electron chi connectivity index (χ2n) is 16.5. The molecule has 1 unspecified atom stereocenters. The van der Waals surface area contributed by atoms with E-state index in [0.29, 0.717) is 31.4 Å². The second-order valence-corrected chi connectivity index (χ2v) is 17.6. The zero-order valence-corrected chi connectivity index (χ0v) is 31.0. The topological polar surface area (TPSA) is 87.1 Å². The van der Waals surface area contributed by atoms with Crippen LogP contribution in [0.2, 0.25) is 0 Å². The van der Waals surface area contributed by atoms with Gasteiger partial charge in [-0.3, -0.25) is 4.79 Å². The fraction of sp³-hybridized carbons (Fsp3) is 0.500. The van der Waals surface area contributed by atoms with E-state index in [0.717, 1.165) is 48.8 Å². The van der Waals surface area contributed by atoms with Gasteiger partial charge in [0, 0.05) is 38.8 Å². The van der Waals surface area contributed by atoms with Gasteiger partial charge >= 0.3 is 6.09 Å². The van der Waals surface area contributed by atoms with Crippen molar-refractivity contribution in [1.29, 1.82) is 0 Å². The van der Waals surface area contributed by atoms with Crippen LogP contribution in [0, 0.1) is 33.5 Å². The average molecular weight is 706 g/mol. The number of ether oxygens (including phenoxy) is 1. The predicted molar refractivity (Wildman–Crippen MR) is 201 cm³/mol. The van der Waals surface area contributed by atoms with Crippen molar-refractivity contribution in [3.05, 3.63) is 106 Å². The van der Waals surface area contributed by atoms with Crippen LogP contribution in [0.1, 0.15) is 81.0 Å². The van der Waals surface area contributed by atoms with Crippen molar-refractivity contribution in [2.24, 2.45) is 33.5 Å². The number of Topliss-reactive ketones (excluding diaryl/α,β-unsaturated/α-hetero) is 1. The Balaban J connectivity index is 1.18. The molecule has 3 aromatic rings. The second kappa shape index (κ2) is 12.6. The Morgan fingerprint density at radius 1 is 0.882 bits per heavy atom. The van der Waals surface area contributed by atoms with E-state index in [9.17, 15) is 15.0 Å². The summed E-state index contributed by atoms with van der Waals surface area (Å²) in [4.78, 5) is 31.4. The molecule has 2 aromatic carbocycles. The first-order chi connectivity index (χ1) is 24.5. The standard InChI is InChI=1S/C44H51NO5S/c1-4-50-39(48)45(25-19-34-11-8-26-51-34)29-43(49)22-18-37-41(43,3)21-17-36-40(2)20-16-33(46)27-42(40)23-24-44(36,37)35(28-42)38(47)32-14-12-31(13-15-32)30-9-6-5-7-10-30/h5-15,23-24,26,28,33,36-37,46,49H,4,16-22,25,27,29H2,1-3H3/t33?,36-,37-,40-,41+,42+,43-,44-/m1/s1. The molecular formula is C44H51NO5S. The molecule has 8 atom stereocenters. The molecule has 9 rings (SSSR count). The summed E-state index contributed by atoms with van der Waals surface area (Å²) in [5, 5.41) is 26.0. The monoisotopic (exact) mass is 705 g/mol. The van der Waals surface area contributed by atoms with Crippen LogP contribution in [0.3, 0.4) is 0 Å². The number of aliphatic hydroxyl groups excluding tert-OH is 1. The highest BCUT2D eigenvalue weighted by molar-refractivity contribution is 7.09. The third-order valence-corrected chi connectivity index (χ3v) is 15.3. The molecule has 3 fully saturated rings. The molecule has 0 saturated heterocycles. The normalized spacial score (nSPS) is 36.1. The summed E-state index contributed by atoms with van der Waals surface area (Å²) >= 11 is 1.67. The zero-order chi connectivity index (χ0) is 35.6. The number of carbonyl (C=O) groups is 2. The minimum Gasteiger partial charge on any atom is -0.450 e. The van der Waals surface area contributed by atoms with Crippen molar-refractivity contribution >= 4 is 23.2 Å². The molecule has 51 heavy (non-hydrogen) atoms. The van der Waals surface area contributed by atoms with Crippen molar-refractivity contribution in [2.45, 2.75) is 83.8 Å². The van der Waals surface area contributed by atoms with Crippen molar-refractivity contribution in [1.82, 2.24) is 4.90 Å². The lowest BCUT2D eigenvalue weighted by atomic mass is 9.32. The lowest BCUT2D eigenvalue weighted by Crippen LogP contribution is -2.67. The Bertz CT molecular complexity index is 1850. The molecule has 1 heterocycles. The number of benzene rings is 2. The van der Waals surface area contributed by atoms with Crippen LogP contribution in [0.4, 0.5) is 4.79 Å². The lowest BCUT2D eigenvalue weighted by Gasteiger charge is -2.71. The first-order valence-electron chi connectivity index (χ1n) is 19.0. The molecule has 2 bridgehead atoms. The fourth-order valence-corrected chi connectivity index (χ4v) is 12.4. The fourth-order valence-electron chi connectivity index (χ4n) is 11.7. The molecule has 0 radical (unpaired) electrons. The number of hydrogen-bond acceptors (Lipinski definition) is 6. The first kappa shape index (κ1) is 34.6. The van der Waals surface area contributed by atoms with Crippen LogP contribution in [0.15, 0.2) is 95.9 Å². The smallest absolute Gasteiger partial charge is 0.409 e. The SMILES string of the molecule is CCOC(=O)N(CCc1cccs1)C[C@]1(O)CC[C@H]2[C@]34C=C[C@@]5(C=C3C(=O)c3ccc(-c6ccccc6)cc3)CC(O)CC[C@]5(C)[C@H]4CC[C@@]21C. The van der Waals surface area contributed by atoms with E-state index in [4.69, 9.17) is 4.74 Å². The number of thiophene rings is 1. The quantitative estimate of drug-likeness (QED) is 0.172. The minimum atomic E-state index is -1.14. The summed E-state index contributed by atoms with van der Waals surface area (Å²) in [5.41, 5.74) is 0.951. The highest BCUT2D eigenvalue weighted by Crippen LogP contribution is 2.78. The number of hydrogen-bond donors (Lipinski definition) is 2. The summed E-state index contributed by atoms with van der Waals surface area (Å²) in [6.45, 7) is 7.41. The van der Waals surface area contributed by atoms with E-state index in [1.807, 2.05) is 60.8 Å². The molecule has 2 spiro atoms. The van der Waals surface area contributed by atoms with Gasteiger partial charge < -0.3 is 19.8 Å². The van der Waals surface area contributed by atoms with Crippen molar-refractivity contribution < 1.29 is 24.5 Å². The number of ketones is 1. The zero-order valence-electron chi connectivity index (χ0n) is 30.1. The van der Waals surface area contributed by atoms with Gasteiger partial charge in [-0.1, -0.05) is 92.7 Å². The van der Waals surface area contributed by atoms with Crippen LogP contribution < -0.4 is 0 Å². The minimum absolute atomic E-state index is 0.00658. The molecule has 0 aliphatic heterocycles.